The predicted molar refractivity (Wildman–Crippen MR) is 83.5 cm³/mol. The highest BCUT2D eigenvalue weighted by atomic mass is 14.5. The maximum Gasteiger partial charge on any atom is 0.0313 e. The van der Waals surface area contributed by atoms with Gasteiger partial charge >= 0.3 is 0 Å². The number of hydrogen-bond donors (Lipinski definition) is 1. The van der Waals surface area contributed by atoms with E-state index in [0.29, 0.717) is 0 Å². The molecular weight excluding hydrogens is 230 g/mol. The smallest absolute Gasteiger partial charge is 0.0313 e. The van der Waals surface area contributed by atoms with E-state index in [9.17, 15) is 0 Å². The Labute approximate surface area is 117 Å². The van der Waals surface area contributed by atoms with Crippen LogP contribution in [0.3, 0.4) is 0 Å². The summed E-state index contributed by atoms with van der Waals surface area (Å²) in [5, 5.41) is 0. The number of nitrogen functional groups attached to an aromatic ring is 1. The molecule has 1 fully saturated rings. The lowest BCUT2D eigenvalue weighted by Gasteiger charge is -2.19. The Balaban J connectivity index is 2.21. The van der Waals surface area contributed by atoms with Crippen LogP contribution < -0.4 is 5.73 Å². The minimum absolute atomic E-state index is 0.732. The molecule has 0 bridgehead atoms. The molecule has 1 nitrogen and oxygen atoms in total. The van der Waals surface area contributed by atoms with E-state index in [1.807, 2.05) is 24.3 Å². The molecule has 0 aromatic heterocycles. The summed E-state index contributed by atoms with van der Waals surface area (Å²) in [6.45, 7) is 0. The van der Waals surface area contributed by atoms with Crippen molar-refractivity contribution in [2.24, 2.45) is 0 Å². The van der Waals surface area contributed by atoms with Gasteiger partial charge in [0.15, 0.2) is 0 Å². The van der Waals surface area contributed by atoms with Crippen LogP contribution in [0.25, 0.3) is 0 Å². The van der Waals surface area contributed by atoms with Crippen molar-refractivity contribution in [3.63, 3.8) is 0 Å². The van der Waals surface area contributed by atoms with Crippen molar-refractivity contribution in [1.29, 1.82) is 0 Å². The fourth-order valence-electron chi connectivity index (χ4n) is 2.84. The van der Waals surface area contributed by atoms with E-state index < -0.39 is 0 Å². The molecule has 2 rings (SSSR count). The first-order valence-electron chi connectivity index (χ1n) is 7.55. The van der Waals surface area contributed by atoms with Crippen molar-refractivity contribution in [2.75, 3.05) is 5.73 Å². The largest absolute Gasteiger partial charge is 0.399 e. The van der Waals surface area contributed by atoms with Crippen molar-refractivity contribution in [2.45, 2.75) is 50.9 Å². The highest BCUT2D eigenvalue weighted by Crippen LogP contribution is 2.30. The highest BCUT2D eigenvalue weighted by molar-refractivity contribution is 5.34. The van der Waals surface area contributed by atoms with Crippen molar-refractivity contribution < 1.29 is 0 Å². The van der Waals surface area contributed by atoms with Crippen LogP contribution in [0.1, 0.15) is 56.4 Å². The first kappa shape index (κ1) is 13.9. The van der Waals surface area contributed by atoms with Gasteiger partial charge in [0, 0.05) is 5.69 Å². The Morgan fingerprint density at radius 3 is 1.74 bits per heavy atom. The van der Waals surface area contributed by atoms with Gasteiger partial charge in [0.1, 0.15) is 0 Å². The molecule has 1 aliphatic rings. The van der Waals surface area contributed by atoms with E-state index in [4.69, 9.17) is 5.73 Å². The summed E-state index contributed by atoms with van der Waals surface area (Å²) in [4.78, 5) is 0. The van der Waals surface area contributed by atoms with Crippen LogP contribution in [0.5, 0.6) is 0 Å². The van der Waals surface area contributed by atoms with Crippen molar-refractivity contribution in [3.05, 3.63) is 54.1 Å². The van der Waals surface area contributed by atoms with Gasteiger partial charge in [-0.15, -0.1) is 0 Å². The molecule has 102 valence electrons. The maximum absolute atomic E-state index is 5.81. The maximum atomic E-state index is 5.81. The van der Waals surface area contributed by atoms with Crippen LogP contribution in [-0.4, -0.2) is 0 Å². The molecule has 1 saturated carbocycles. The van der Waals surface area contributed by atoms with Gasteiger partial charge in [0.2, 0.25) is 0 Å². The molecule has 1 aliphatic carbocycles. The average molecular weight is 255 g/mol. The number of anilines is 1. The first-order chi connectivity index (χ1) is 9.36. The van der Waals surface area contributed by atoms with Gasteiger partial charge in [-0.3, -0.25) is 0 Å². The topological polar surface area (TPSA) is 26.0 Å². The van der Waals surface area contributed by atoms with Crippen molar-refractivity contribution in [1.82, 2.24) is 0 Å². The lowest BCUT2D eigenvalue weighted by molar-refractivity contribution is 0.456. The molecule has 0 aliphatic heterocycles. The summed E-state index contributed by atoms with van der Waals surface area (Å²) in [7, 11) is 0. The zero-order valence-electron chi connectivity index (χ0n) is 11.7. The second-order valence-electron chi connectivity index (χ2n) is 5.48. The fraction of sp³-hybridized carbons (Fsp3) is 0.444. The Kier molecular flexibility index (Phi) is 5.74. The molecule has 0 spiro atoms. The van der Waals surface area contributed by atoms with Gasteiger partial charge in [-0.1, -0.05) is 68.5 Å². The Morgan fingerprint density at radius 1 is 0.684 bits per heavy atom. The van der Waals surface area contributed by atoms with Crippen LogP contribution in [-0.2, 0) is 0 Å². The number of rotatable bonds is 1. The third-order valence-electron chi connectivity index (χ3n) is 3.95. The lowest BCUT2D eigenvalue weighted by atomic mass is 9.86. The van der Waals surface area contributed by atoms with Gasteiger partial charge in [-0.2, -0.15) is 0 Å². The molecular formula is C18H25N. The molecule has 0 heterocycles. The molecule has 0 saturated heterocycles. The summed E-state index contributed by atoms with van der Waals surface area (Å²) in [6.07, 6.45) is 9.67. The third kappa shape index (κ3) is 4.94. The van der Waals surface area contributed by atoms with Crippen LogP contribution in [0.2, 0.25) is 0 Å². The normalized spacial score (nSPS) is 17.1. The first-order valence-corrected chi connectivity index (χ1v) is 7.55. The molecule has 1 heteroatoms. The molecule has 19 heavy (non-hydrogen) atoms. The van der Waals surface area contributed by atoms with Crippen LogP contribution in [0.4, 0.5) is 5.69 Å². The standard InChI is InChI=1S/C18H25N/c19-18-14-8-6-12-17(13-7-9-15-18)16-10-4-2-1-3-5-11-16/h6-9,12-16H,1-5,10-11,19H2. The molecule has 1 aromatic carbocycles. The number of nitrogens with two attached hydrogens (primary N) is 1. The van der Waals surface area contributed by atoms with Crippen molar-refractivity contribution >= 4 is 5.69 Å². The van der Waals surface area contributed by atoms with E-state index in [2.05, 4.69) is 24.3 Å². The molecule has 0 radical (unpaired) electrons. The Hall–Kier alpha value is -1.50. The molecule has 2 N–H and O–H groups in total. The molecule has 0 atom stereocenters. The molecule has 0 unspecified atom stereocenters. The summed E-state index contributed by atoms with van der Waals surface area (Å²) in [5.41, 5.74) is 8.07. The van der Waals surface area contributed by atoms with E-state index in [1.165, 1.54) is 50.5 Å². The third-order valence-corrected chi connectivity index (χ3v) is 3.95. The zero-order chi connectivity index (χ0) is 13.3. The van der Waals surface area contributed by atoms with Crippen LogP contribution in [0, 0.1) is 0 Å². The Bertz CT molecular complexity index is 402. The summed E-state index contributed by atoms with van der Waals surface area (Å²) >= 11 is 0. The average Bonchev–Trinajstić information content (AvgIpc) is 2.37. The van der Waals surface area contributed by atoms with E-state index in [-0.39, 0.29) is 0 Å². The predicted octanol–water partition coefficient (Wildman–Crippen LogP) is 5.22. The van der Waals surface area contributed by atoms with E-state index in [1.54, 1.807) is 0 Å². The van der Waals surface area contributed by atoms with Gasteiger partial charge in [0.25, 0.3) is 0 Å². The monoisotopic (exact) mass is 255 g/mol. The van der Waals surface area contributed by atoms with Crippen molar-refractivity contribution in [3.8, 4) is 0 Å². The van der Waals surface area contributed by atoms with Crippen LogP contribution in [0.15, 0.2) is 48.5 Å². The Morgan fingerprint density at radius 2 is 1.16 bits per heavy atom. The minimum atomic E-state index is 0.732. The van der Waals surface area contributed by atoms with Gasteiger partial charge in [-0.05, 0) is 36.5 Å². The lowest BCUT2D eigenvalue weighted by Crippen LogP contribution is -2.01. The van der Waals surface area contributed by atoms with Crippen LogP contribution >= 0.6 is 0 Å². The highest BCUT2D eigenvalue weighted by Gasteiger charge is 2.12. The number of hydrogen-bond acceptors (Lipinski definition) is 1. The van der Waals surface area contributed by atoms with Gasteiger partial charge < -0.3 is 5.73 Å². The minimum Gasteiger partial charge on any atom is -0.399 e. The summed E-state index contributed by atoms with van der Waals surface area (Å²) < 4.78 is 0. The fourth-order valence-corrected chi connectivity index (χ4v) is 2.84. The summed E-state index contributed by atoms with van der Waals surface area (Å²) in [6, 6.07) is 16.7. The molecule has 0 amide bonds. The van der Waals surface area contributed by atoms with Gasteiger partial charge in [-0.25, -0.2) is 0 Å². The zero-order valence-corrected chi connectivity index (χ0v) is 11.7. The SMILES string of the molecule is Nc1ccccc(C2CCCCCCC2)cccc1. The quantitative estimate of drug-likeness (QED) is 0.731. The second kappa shape index (κ2) is 7.83. The molecule has 1 aromatic rings. The van der Waals surface area contributed by atoms with E-state index >= 15 is 0 Å². The summed E-state index contributed by atoms with van der Waals surface area (Å²) in [5.74, 6) is 0.732. The second-order valence-corrected chi connectivity index (χ2v) is 5.48. The van der Waals surface area contributed by atoms with E-state index in [0.717, 1.165) is 11.6 Å². The van der Waals surface area contributed by atoms with Gasteiger partial charge in [0.05, 0.1) is 0 Å².